The van der Waals surface area contributed by atoms with Crippen LogP contribution in [-0.4, -0.2) is 16.1 Å². The molecule has 1 amide bonds. The molecule has 1 aromatic heterocycles. The third-order valence-corrected chi connectivity index (χ3v) is 3.78. The molecule has 3 aromatic rings. The highest BCUT2D eigenvalue weighted by Crippen LogP contribution is 2.19. The Hall–Kier alpha value is -2.73. The summed E-state index contributed by atoms with van der Waals surface area (Å²) in [6, 6.07) is 18.6. The van der Waals surface area contributed by atoms with Gasteiger partial charge in [0, 0.05) is 15.7 Å². The number of rotatable bonds is 4. The van der Waals surface area contributed by atoms with Gasteiger partial charge in [0.05, 0.1) is 0 Å². The largest absolute Gasteiger partial charge is 0.339 e. The first-order valence-corrected chi connectivity index (χ1v) is 8.14. The van der Waals surface area contributed by atoms with Crippen molar-refractivity contribution in [1.82, 2.24) is 10.2 Å². The van der Waals surface area contributed by atoms with Crippen LogP contribution in [0.1, 0.15) is 15.9 Å². The van der Waals surface area contributed by atoms with E-state index >= 15 is 0 Å². The Balaban J connectivity index is 1.67. The fourth-order valence-electron chi connectivity index (χ4n) is 2.15. The van der Waals surface area contributed by atoms with Crippen molar-refractivity contribution < 1.29 is 4.79 Å². The molecule has 3 rings (SSSR count). The van der Waals surface area contributed by atoms with Gasteiger partial charge in [0.25, 0.3) is 5.91 Å². The maximum absolute atomic E-state index is 12.2. The highest BCUT2D eigenvalue weighted by atomic mass is 79.9. The van der Waals surface area contributed by atoms with Crippen LogP contribution >= 0.6 is 15.9 Å². The van der Waals surface area contributed by atoms with Crippen molar-refractivity contribution in [3.05, 3.63) is 76.3 Å². The van der Waals surface area contributed by atoms with E-state index in [0.717, 1.165) is 15.7 Å². The second-order valence-corrected chi connectivity index (χ2v) is 6.18. The van der Waals surface area contributed by atoms with Gasteiger partial charge in [-0.1, -0.05) is 39.7 Å². The minimum Gasteiger partial charge on any atom is -0.339 e. The van der Waals surface area contributed by atoms with Crippen LogP contribution in [0.4, 0.5) is 17.3 Å². The zero-order valence-electron chi connectivity index (χ0n) is 13.0. The Bertz CT molecular complexity index is 865. The van der Waals surface area contributed by atoms with Crippen LogP contribution in [0.15, 0.2) is 65.1 Å². The van der Waals surface area contributed by atoms with Gasteiger partial charge in [-0.05, 0) is 49.4 Å². The molecule has 0 aliphatic carbocycles. The Kier molecular flexibility index (Phi) is 4.86. The molecule has 1 heterocycles. The van der Waals surface area contributed by atoms with E-state index < -0.39 is 0 Å². The number of hydrogen-bond donors (Lipinski definition) is 2. The molecule has 24 heavy (non-hydrogen) atoms. The molecule has 2 N–H and O–H groups in total. The number of anilines is 3. The van der Waals surface area contributed by atoms with Crippen molar-refractivity contribution in [3.8, 4) is 0 Å². The second-order valence-electron chi connectivity index (χ2n) is 5.26. The summed E-state index contributed by atoms with van der Waals surface area (Å²) in [5.74, 6) is 0.795. The first kappa shape index (κ1) is 16.1. The molecule has 0 saturated heterocycles. The third-order valence-electron chi connectivity index (χ3n) is 3.28. The fraction of sp³-hybridized carbons (Fsp3) is 0.0556. The summed E-state index contributed by atoms with van der Waals surface area (Å²) in [6.45, 7) is 1.94. The molecule has 0 saturated carbocycles. The van der Waals surface area contributed by atoms with Crippen LogP contribution in [0, 0.1) is 6.92 Å². The number of amides is 1. The number of halogens is 1. The maximum Gasteiger partial charge on any atom is 0.256 e. The molecule has 0 bridgehead atoms. The van der Waals surface area contributed by atoms with E-state index in [0.29, 0.717) is 17.2 Å². The van der Waals surface area contributed by atoms with Crippen molar-refractivity contribution in [1.29, 1.82) is 0 Å². The van der Waals surface area contributed by atoms with Gasteiger partial charge in [-0.3, -0.25) is 4.79 Å². The molecule has 0 aliphatic rings. The van der Waals surface area contributed by atoms with Gasteiger partial charge in [-0.25, -0.2) is 0 Å². The molecule has 0 spiro atoms. The number of nitrogens with one attached hydrogen (secondary N) is 2. The van der Waals surface area contributed by atoms with E-state index in [1.165, 1.54) is 0 Å². The normalized spacial score (nSPS) is 10.2. The van der Waals surface area contributed by atoms with E-state index in [2.05, 4.69) is 36.8 Å². The Morgan fingerprint density at radius 2 is 1.71 bits per heavy atom. The van der Waals surface area contributed by atoms with Crippen molar-refractivity contribution >= 4 is 39.2 Å². The monoisotopic (exact) mass is 382 g/mol. The average Bonchev–Trinajstić information content (AvgIpc) is 2.57. The number of carbonyl (C=O) groups excluding carboxylic acids is 1. The quantitative estimate of drug-likeness (QED) is 0.694. The smallest absolute Gasteiger partial charge is 0.256 e. The number of nitrogens with zero attached hydrogens (tertiary/aromatic N) is 2. The maximum atomic E-state index is 12.2. The van der Waals surface area contributed by atoms with Crippen LogP contribution in [0.3, 0.4) is 0 Å². The zero-order valence-corrected chi connectivity index (χ0v) is 14.5. The summed E-state index contributed by atoms with van der Waals surface area (Å²) in [5.41, 5.74) is 2.52. The van der Waals surface area contributed by atoms with Crippen molar-refractivity contribution in [2.75, 3.05) is 10.6 Å². The molecule has 0 radical (unpaired) electrons. The van der Waals surface area contributed by atoms with Gasteiger partial charge in [-0.15, -0.1) is 10.2 Å². The third kappa shape index (κ3) is 4.17. The van der Waals surface area contributed by atoms with Crippen molar-refractivity contribution in [2.45, 2.75) is 6.92 Å². The van der Waals surface area contributed by atoms with E-state index in [1.807, 2.05) is 49.4 Å². The zero-order chi connectivity index (χ0) is 16.9. The molecular weight excluding hydrogens is 368 g/mol. The summed E-state index contributed by atoms with van der Waals surface area (Å²) < 4.78 is 0.975. The second kappa shape index (κ2) is 7.23. The average molecular weight is 383 g/mol. The highest BCUT2D eigenvalue weighted by Gasteiger charge is 2.07. The lowest BCUT2D eigenvalue weighted by Gasteiger charge is -2.07. The van der Waals surface area contributed by atoms with Gasteiger partial charge in [0.2, 0.25) is 0 Å². The van der Waals surface area contributed by atoms with Gasteiger partial charge >= 0.3 is 0 Å². The van der Waals surface area contributed by atoms with E-state index in [9.17, 15) is 4.79 Å². The lowest BCUT2D eigenvalue weighted by molar-refractivity contribution is 0.102. The molecule has 5 nitrogen and oxygen atoms in total. The molecular formula is C18H15BrN4O. The Labute approximate surface area is 148 Å². The number of aromatic nitrogens is 2. The minimum absolute atomic E-state index is 0.208. The molecule has 6 heteroatoms. The molecule has 0 fully saturated rings. The molecule has 0 aliphatic heterocycles. The first-order valence-electron chi connectivity index (χ1n) is 7.34. The number of carbonyl (C=O) groups is 1. The summed E-state index contributed by atoms with van der Waals surface area (Å²) in [7, 11) is 0. The van der Waals surface area contributed by atoms with E-state index in [-0.39, 0.29) is 5.91 Å². The van der Waals surface area contributed by atoms with Gasteiger partial charge in [0.1, 0.15) is 0 Å². The summed E-state index contributed by atoms with van der Waals surface area (Å²) >= 11 is 3.42. The van der Waals surface area contributed by atoms with Crippen molar-refractivity contribution in [2.24, 2.45) is 0 Å². The lowest BCUT2D eigenvalue weighted by atomic mass is 10.1. The highest BCUT2D eigenvalue weighted by molar-refractivity contribution is 9.10. The van der Waals surface area contributed by atoms with Crippen LogP contribution < -0.4 is 10.6 Å². The summed E-state index contributed by atoms with van der Waals surface area (Å²) in [6.07, 6.45) is 0. The number of hydrogen-bond acceptors (Lipinski definition) is 4. The van der Waals surface area contributed by atoms with Gasteiger partial charge in [-0.2, -0.15) is 0 Å². The summed E-state index contributed by atoms with van der Waals surface area (Å²) in [4.78, 5) is 12.2. The minimum atomic E-state index is -0.208. The number of aryl methyl sites for hydroxylation is 1. The fourth-order valence-corrected chi connectivity index (χ4v) is 2.55. The van der Waals surface area contributed by atoms with Crippen LogP contribution in [0.25, 0.3) is 0 Å². The van der Waals surface area contributed by atoms with E-state index in [4.69, 9.17) is 0 Å². The van der Waals surface area contributed by atoms with Gasteiger partial charge in [0.15, 0.2) is 11.6 Å². The van der Waals surface area contributed by atoms with Gasteiger partial charge < -0.3 is 10.6 Å². The van der Waals surface area contributed by atoms with Crippen LogP contribution in [-0.2, 0) is 0 Å². The number of benzene rings is 2. The topological polar surface area (TPSA) is 66.9 Å². The molecule has 0 atom stereocenters. The Morgan fingerprint density at radius 1 is 0.958 bits per heavy atom. The molecule has 0 unspecified atom stereocenters. The lowest BCUT2D eigenvalue weighted by Crippen LogP contribution is -2.13. The summed E-state index contributed by atoms with van der Waals surface area (Å²) in [5, 5.41) is 14.0. The first-order chi connectivity index (χ1) is 11.6. The van der Waals surface area contributed by atoms with Crippen LogP contribution in [0.5, 0.6) is 0 Å². The predicted octanol–water partition coefficient (Wildman–Crippen LogP) is 4.54. The predicted molar refractivity (Wildman–Crippen MR) is 98.6 cm³/mol. The SMILES string of the molecule is Cc1cccc(C(=O)Nc2ccc(Nc3cccc(Br)c3)nn2)c1. The molecule has 120 valence electrons. The Morgan fingerprint density at radius 3 is 2.42 bits per heavy atom. The standard InChI is InChI=1S/C18H15BrN4O/c1-12-4-2-5-13(10-12)18(24)21-17-9-8-16(22-23-17)20-15-7-3-6-14(19)11-15/h2-11H,1H3,(H,20,22)(H,21,23,24). The van der Waals surface area contributed by atoms with Crippen molar-refractivity contribution in [3.63, 3.8) is 0 Å². The van der Waals surface area contributed by atoms with Crippen LogP contribution in [0.2, 0.25) is 0 Å². The van der Waals surface area contributed by atoms with E-state index in [1.54, 1.807) is 18.2 Å². The molecule has 2 aromatic carbocycles.